The van der Waals surface area contributed by atoms with Crippen LogP contribution in [0.3, 0.4) is 0 Å². The third-order valence-electron chi connectivity index (χ3n) is 3.40. The van der Waals surface area contributed by atoms with Gasteiger partial charge in [-0.3, -0.25) is 14.9 Å². The minimum atomic E-state index is -0.709. The number of non-ortho nitro benzene ring substituents is 1. The highest BCUT2D eigenvalue weighted by Crippen LogP contribution is 2.23. The molecule has 0 aromatic heterocycles. The van der Waals surface area contributed by atoms with E-state index in [-0.39, 0.29) is 23.8 Å². The van der Waals surface area contributed by atoms with E-state index < -0.39 is 10.7 Å². The van der Waals surface area contributed by atoms with Crippen LogP contribution in [0.25, 0.3) is 0 Å². The lowest BCUT2D eigenvalue weighted by Gasteiger charge is -2.29. The topological polar surface area (TPSA) is 78.7 Å². The van der Waals surface area contributed by atoms with Gasteiger partial charge in [-0.15, -0.1) is 0 Å². The molecular weight excluding hydrogens is 279 g/mol. The quantitative estimate of drug-likeness (QED) is 0.650. The Hall–Kier alpha value is -2.22. The lowest BCUT2D eigenvalue weighted by molar-refractivity contribution is -0.385. The highest BCUT2D eigenvalue weighted by Gasteiger charge is 2.20. The Kier molecular flexibility index (Phi) is 4.69. The number of nitro groups is 1. The Bertz CT molecular complexity index is 546. The molecule has 8 heteroatoms. The molecule has 1 aliphatic rings. The van der Waals surface area contributed by atoms with Gasteiger partial charge < -0.3 is 15.1 Å². The van der Waals surface area contributed by atoms with Crippen molar-refractivity contribution >= 4 is 17.3 Å². The maximum Gasteiger partial charge on any atom is 0.272 e. The fourth-order valence-corrected chi connectivity index (χ4v) is 2.22. The number of nitrogens with one attached hydrogen (secondary N) is 1. The number of hydrogen-bond donors (Lipinski definition) is 1. The second-order valence-corrected chi connectivity index (χ2v) is 4.88. The Morgan fingerprint density at radius 1 is 1.48 bits per heavy atom. The molecule has 114 valence electrons. The van der Waals surface area contributed by atoms with Crippen LogP contribution in [0.2, 0.25) is 0 Å². The van der Waals surface area contributed by atoms with Crippen molar-refractivity contribution in [2.24, 2.45) is 0 Å². The minimum Gasteiger partial charge on any atom is -0.363 e. The molecule has 21 heavy (non-hydrogen) atoms. The average Bonchev–Trinajstić information content (AvgIpc) is 2.47. The van der Waals surface area contributed by atoms with Crippen molar-refractivity contribution in [3.8, 4) is 0 Å². The highest BCUT2D eigenvalue weighted by molar-refractivity contribution is 5.81. The molecular formula is C13H17FN4O3. The summed E-state index contributed by atoms with van der Waals surface area (Å²) >= 11 is 0. The number of piperazine rings is 1. The van der Waals surface area contributed by atoms with E-state index in [1.807, 2.05) is 0 Å². The number of amides is 1. The third-order valence-corrected chi connectivity index (χ3v) is 3.40. The fraction of sp³-hybridized carbons (Fsp3) is 0.462. The molecule has 1 N–H and O–H groups in total. The molecule has 1 heterocycles. The molecule has 1 aliphatic heterocycles. The van der Waals surface area contributed by atoms with E-state index in [2.05, 4.69) is 5.32 Å². The van der Waals surface area contributed by atoms with Crippen LogP contribution in [0.4, 0.5) is 15.8 Å². The summed E-state index contributed by atoms with van der Waals surface area (Å²) in [6, 6.07) is 3.41. The molecule has 1 aromatic rings. The van der Waals surface area contributed by atoms with E-state index in [1.165, 1.54) is 17.0 Å². The highest BCUT2D eigenvalue weighted by atomic mass is 19.1. The average molecular weight is 296 g/mol. The number of halogens is 1. The van der Waals surface area contributed by atoms with Gasteiger partial charge in [-0.05, 0) is 6.07 Å². The van der Waals surface area contributed by atoms with Crippen LogP contribution in [0.15, 0.2) is 18.2 Å². The maximum absolute atomic E-state index is 13.9. The van der Waals surface area contributed by atoms with Gasteiger partial charge in [0.15, 0.2) is 5.82 Å². The number of anilines is 1. The van der Waals surface area contributed by atoms with E-state index in [0.717, 1.165) is 19.2 Å². The van der Waals surface area contributed by atoms with Crippen LogP contribution in [0.1, 0.15) is 0 Å². The zero-order valence-corrected chi connectivity index (χ0v) is 11.7. The first kappa shape index (κ1) is 15.2. The van der Waals surface area contributed by atoms with Crippen LogP contribution in [0.5, 0.6) is 0 Å². The van der Waals surface area contributed by atoms with Gasteiger partial charge in [0.05, 0.1) is 23.2 Å². The molecule has 2 rings (SSSR count). The van der Waals surface area contributed by atoms with Crippen molar-refractivity contribution in [3.63, 3.8) is 0 Å². The summed E-state index contributed by atoms with van der Waals surface area (Å²) < 4.78 is 13.9. The maximum atomic E-state index is 13.9. The predicted octanol–water partition coefficient (Wildman–Crippen LogP) is 0.602. The van der Waals surface area contributed by atoms with E-state index in [4.69, 9.17) is 0 Å². The molecule has 0 atom stereocenters. The van der Waals surface area contributed by atoms with Crippen LogP contribution < -0.4 is 10.2 Å². The van der Waals surface area contributed by atoms with E-state index >= 15 is 0 Å². The SMILES string of the molecule is CN(CC(=O)N1CCNCC1)c1ccc([N+](=O)[O-])cc1F. The number of nitro benzene ring substituents is 1. The van der Waals surface area contributed by atoms with Crippen LogP contribution in [-0.2, 0) is 4.79 Å². The summed E-state index contributed by atoms with van der Waals surface area (Å²) in [5.74, 6) is -0.795. The summed E-state index contributed by atoms with van der Waals surface area (Å²) in [5, 5.41) is 13.7. The van der Waals surface area contributed by atoms with Gasteiger partial charge >= 0.3 is 0 Å². The molecule has 7 nitrogen and oxygen atoms in total. The first-order valence-corrected chi connectivity index (χ1v) is 6.62. The lowest BCUT2D eigenvalue weighted by Crippen LogP contribution is -2.49. The Labute approximate surface area is 121 Å². The molecule has 1 fully saturated rings. The number of carbonyl (C=O) groups is 1. The molecule has 0 aliphatic carbocycles. The number of benzene rings is 1. The van der Waals surface area contributed by atoms with Gasteiger partial charge in [-0.1, -0.05) is 0 Å². The van der Waals surface area contributed by atoms with Crippen LogP contribution in [-0.4, -0.2) is 55.5 Å². The number of carbonyl (C=O) groups excluding carboxylic acids is 1. The van der Waals surface area contributed by atoms with Gasteiger partial charge in [-0.2, -0.15) is 0 Å². The monoisotopic (exact) mass is 296 g/mol. The molecule has 1 aromatic carbocycles. The zero-order chi connectivity index (χ0) is 15.4. The number of rotatable bonds is 4. The smallest absolute Gasteiger partial charge is 0.272 e. The van der Waals surface area contributed by atoms with Gasteiger partial charge in [0.25, 0.3) is 5.69 Å². The largest absolute Gasteiger partial charge is 0.363 e. The Morgan fingerprint density at radius 2 is 2.14 bits per heavy atom. The molecule has 0 unspecified atom stereocenters. The minimum absolute atomic E-state index is 0.0364. The third kappa shape index (κ3) is 3.66. The molecule has 0 spiro atoms. The molecule has 0 saturated carbocycles. The van der Waals surface area contributed by atoms with Crippen LogP contribution >= 0.6 is 0 Å². The van der Waals surface area contributed by atoms with Crippen molar-refractivity contribution in [1.82, 2.24) is 10.2 Å². The zero-order valence-electron chi connectivity index (χ0n) is 11.7. The summed E-state index contributed by atoms with van der Waals surface area (Å²) in [7, 11) is 1.59. The van der Waals surface area contributed by atoms with Gasteiger partial charge in [0, 0.05) is 39.3 Å². The van der Waals surface area contributed by atoms with Crippen molar-refractivity contribution in [2.75, 3.05) is 44.7 Å². The first-order valence-electron chi connectivity index (χ1n) is 6.62. The fourth-order valence-electron chi connectivity index (χ4n) is 2.22. The first-order chi connectivity index (χ1) is 9.99. The van der Waals surface area contributed by atoms with E-state index in [9.17, 15) is 19.3 Å². The number of nitrogens with zero attached hydrogens (tertiary/aromatic N) is 3. The van der Waals surface area contributed by atoms with Gasteiger partial charge in [0.1, 0.15) is 0 Å². The molecule has 1 saturated heterocycles. The summed E-state index contributed by atoms with van der Waals surface area (Å²) in [6.45, 7) is 2.81. The molecule has 0 bridgehead atoms. The lowest BCUT2D eigenvalue weighted by atomic mass is 10.2. The van der Waals surface area contributed by atoms with Gasteiger partial charge in [0.2, 0.25) is 5.91 Å². The van der Waals surface area contributed by atoms with E-state index in [0.29, 0.717) is 13.1 Å². The van der Waals surface area contributed by atoms with Gasteiger partial charge in [-0.25, -0.2) is 4.39 Å². The van der Waals surface area contributed by atoms with Crippen molar-refractivity contribution in [3.05, 3.63) is 34.1 Å². The Balaban J connectivity index is 2.04. The summed E-state index contributed by atoms with van der Waals surface area (Å²) in [5.41, 5.74) is -0.137. The molecule has 0 radical (unpaired) electrons. The summed E-state index contributed by atoms with van der Waals surface area (Å²) in [4.78, 5) is 25.2. The number of likely N-dealkylation sites (N-methyl/N-ethyl adjacent to an activating group) is 1. The van der Waals surface area contributed by atoms with Crippen molar-refractivity contribution < 1.29 is 14.1 Å². The normalized spacial score (nSPS) is 14.9. The van der Waals surface area contributed by atoms with Crippen molar-refractivity contribution in [2.45, 2.75) is 0 Å². The molecule has 1 amide bonds. The second-order valence-electron chi connectivity index (χ2n) is 4.88. The summed E-state index contributed by atoms with van der Waals surface area (Å²) in [6.07, 6.45) is 0. The van der Waals surface area contributed by atoms with Crippen LogP contribution in [0, 0.1) is 15.9 Å². The second kappa shape index (κ2) is 6.49. The van der Waals surface area contributed by atoms with Crippen molar-refractivity contribution in [1.29, 1.82) is 0 Å². The standard InChI is InChI=1S/C13H17FN4O3/c1-16(9-13(19)17-6-4-15-5-7-17)12-3-2-10(18(20)21)8-11(12)14/h2-3,8,15H,4-7,9H2,1H3. The van der Waals surface area contributed by atoms with E-state index in [1.54, 1.807) is 11.9 Å². The number of hydrogen-bond acceptors (Lipinski definition) is 5. The Morgan fingerprint density at radius 3 is 2.71 bits per heavy atom. The predicted molar refractivity (Wildman–Crippen MR) is 75.8 cm³/mol.